The van der Waals surface area contributed by atoms with Crippen molar-refractivity contribution in [3.8, 4) is 11.5 Å². The molecule has 0 aliphatic rings. The molecule has 1 N–H and O–H groups in total. The number of para-hydroxylation sites is 1. The Hall–Kier alpha value is -3.08. The molecule has 5 heteroatoms. The first-order chi connectivity index (χ1) is 12.2. The second-order valence-corrected chi connectivity index (χ2v) is 5.87. The van der Waals surface area contributed by atoms with E-state index in [4.69, 9.17) is 4.74 Å². The van der Waals surface area contributed by atoms with E-state index >= 15 is 0 Å². The van der Waals surface area contributed by atoms with Gasteiger partial charge in [-0.25, -0.2) is 0 Å². The van der Waals surface area contributed by atoms with Crippen molar-refractivity contribution in [1.82, 2.24) is 15.1 Å². The first-order valence-corrected chi connectivity index (χ1v) is 8.27. The highest BCUT2D eigenvalue weighted by Gasteiger charge is 2.04. The highest BCUT2D eigenvalue weighted by atomic mass is 16.5. The van der Waals surface area contributed by atoms with Crippen LogP contribution < -0.4 is 10.1 Å². The zero-order chi connectivity index (χ0) is 17.5. The van der Waals surface area contributed by atoms with Crippen LogP contribution in [0.15, 0.2) is 67.0 Å². The summed E-state index contributed by atoms with van der Waals surface area (Å²) in [5.41, 5.74) is 2.09. The topological polar surface area (TPSA) is 56.2 Å². The van der Waals surface area contributed by atoms with Gasteiger partial charge in [-0.05, 0) is 42.3 Å². The fourth-order valence-electron chi connectivity index (χ4n) is 2.44. The molecule has 128 valence electrons. The van der Waals surface area contributed by atoms with E-state index in [2.05, 4.69) is 10.4 Å². The monoisotopic (exact) mass is 335 g/mol. The largest absolute Gasteiger partial charge is 0.457 e. The quantitative estimate of drug-likeness (QED) is 0.716. The lowest BCUT2D eigenvalue weighted by atomic mass is 10.2. The van der Waals surface area contributed by atoms with Crippen molar-refractivity contribution in [3.63, 3.8) is 0 Å². The van der Waals surface area contributed by atoms with Crippen LogP contribution in [-0.2, 0) is 17.9 Å². The fourth-order valence-corrected chi connectivity index (χ4v) is 2.44. The number of hydrogen-bond donors (Lipinski definition) is 1. The molecule has 3 aromatic rings. The first-order valence-electron chi connectivity index (χ1n) is 8.27. The molecule has 0 radical (unpaired) electrons. The normalized spacial score (nSPS) is 10.4. The molecular weight excluding hydrogens is 314 g/mol. The number of nitrogens with one attached hydrogen (secondary N) is 1. The number of amides is 1. The van der Waals surface area contributed by atoms with E-state index < -0.39 is 0 Å². The number of nitrogens with zero attached hydrogens (tertiary/aromatic N) is 2. The summed E-state index contributed by atoms with van der Waals surface area (Å²) in [6.45, 7) is 3.04. The van der Waals surface area contributed by atoms with E-state index in [1.54, 1.807) is 10.9 Å². The average Bonchev–Trinajstić information content (AvgIpc) is 3.05. The van der Waals surface area contributed by atoms with Crippen molar-refractivity contribution in [1.29, 1.82) is 0 Å². The molecule has 0 spiro atoms. The SMILES string of the molecule is Cc1cnn(CCC(=O)NCc2cccc(Oc3ccccc3)c2)c1. The van der Waals surface area contributed by atoms with Crippen molar-refractivity contribution in [2.24, 2.45) is 0 Å². The number of hydrogen-bond acceptors (Lipinski definition) is 3. The van der Waals surface area contributed by atoms with Crippen molar-refractivity contribution in [2.45, 2.75) is 26.4 Å². The minimum atomic E-state index is 0.00235. The van der Waals surface area contributed by atoms with Crippen LogP contribution in [0, 0.1) is 6.92 Å². The minimum Gasteiger partial charge on any atom is -0.457 e. The summed E-state index contributed by atoms with van der Waals surface area (Å²) in [4.78, 5) is 12.0. The van der Waals surface area contributed by atoms with E-state index in [9.17, 15) is 4.79 Å². The lowest BCUT2D eigenvalue weighted by Gasteiger charge is -2.09. The van der Waals surface area contributed by atoms with Crippen LogP contribution in [-0.4, -0.2) is 15.7 Å². The number of carbonyl (C=O) groups is 1. The Bertz CT molecular complexity index is 828. The predicted molar refractivity (Wildman–Crippen MR) is 96.4 cm³/mol. The van der Waals surface area contributed by atoms with Gasteiger partial charge in [0.05, 0.1) is 6.20 Å². The van der Waals surface area contributed by atoms with E-state index in [1.807, 2.05) is 67.7 Å². The summed E-state index contributed by atoms with van der Waals surface area (Å²) >= 11 is 0. The Morgan fingerprint density at radius 1 is 1.12 bits per heavy atom. The van der Waals surface area contributed by atoms with Crippen LogP contribution in [0.25, 0.3) is 0 Å². The lowest BCUT2D eigenvalue weighted by molar-refractivity contribution is -0.121. The van der Waals surface area contributed by atoms with Gasteiger partial charge in [-0.2, -0.15) is 5.10 Å². The Morgan fingerprint density at radius 2 is 1.92 bits per heavy atom. The maximum absolute atomic E-state index is 12.0. The number of rotatable bonds is 7. The van der Waals surface area contributed by atoms with Crippen LogP contribution in [0.1, 0.15) is 17.5 Å². The standard InChI is InChI=1S/C20H21N3O2/c1-16-13-22-23(15-16)11-10-20(24)21-14-17-6-5-9-19(12-17)25-18-7-3-2-4-8-18/h2-9,12-13,15H,10-11,14H2,1H3,(H,21,24). The van der Waals surface area contributed by atoms with Gasteiger partial charge in [-0.1, -0.05) is 30.3 Å². The number of aromatic nitrogens is 2. The van der Waals surface area contributed by atoms with Crippen molar-refractivity contribution < 1.29 is 9.53 Å². The maximum atomic E-state index is 12.0. The van der Waals surface area contributed by atoms with Crippen molar-refractivity contribution in [3.05, 3.63) is 78.1 Å². The Balaban J connectivity index is 1.49. The van der Waals surface area contributed by atoms with E-state index in [0.717, 1.165) is 22.6 Å². The molecule has 0 unspecified atom stereocenters. The van der Waals surface area contributed by atoms with Gasteiger partial charge >= 0.3 is 0 Å². The molecule has 1 amide bonds. The molecule has 1 aromatic heterocycles. The summed E-state index contributed by atoms with van der Waals surface area (Å²) in [5.74, 6) is 1.55. The molecule has 0 fully saturated rings. The maximum Gasteiger partial charge on any atom is 0.222 e. The third-order valence-electron chi connectivity index (χ3n) is 3.70. The minimum absolute atomic E-state index is 0.00235. The van der Waals surface area contributed by atoms with Gasteiger partial charge in [0.2, 0.25) is 5.91 Å². The van der Waals surface area contributed by atoms with Gasteiger partial charge in [0.1, 0.15) is 11.5 Å². The highest BCUT2D eigenvalue weighted by molar-refractivity contribution is 5.75. The van der Waals surface area contributed by atoms with Gasteiger partial charge in [-0.3, -0.25) is 9.48 Å². The lowest BCUT2D eigenvalue weighted by Crippen LogP contribution is -2.24. The van der Waals surface area contributed by atoms with Crippen molar-refractivity contribution >= 4 is 5.91 Å². The summed E-state index contributed by atoms with van der Waals surface area (Å²) < 4.78 is 7.59. The smallest absolute Gasteiger partial charge is 0.222 e. The molecule has 0 aliphatic heterocycles. The van der Waals surface area contributed by atoms with Gasteiger partial charge in [0.15, 0.2) is 0 Å². The van der Waals surface area contributed by atoms with Crippen LogP contribution in [0.4, 0.5) is 0 Å². The summed E-state index contributed by atoms with van der Waals surface area (Å²) in [6, 6.07) is 17.4. The van der Waals surface area contributed by atoms with Gasteiger partial charge < -0.3 is 10.1 Å². The van der Waals surface area contributed by atoms with Gasteiger partial charge in [0, 0.05) is 25.7 Å². The van der Waals surface area contributed by atoms with Crippen LogP contribution in [0.5, 0.6) is 11.5 Å². The number of benzene rings is 2. The van der Waals surface area contributed by atoms with Crippen LogP contribution in [0.3, 0.4) is 0 Å². The highest BCUT2D eigenvalue weighted by Crippen LogP contribution is 2.21. The second kappa shape index (κ2) is 8.15. The fraction of sp³-hybridized carbons (Fsp3) is 0.200. The molecule has 0 bridgehead atoms. The molecule has 1 heterocycles. The average molecular weight is 335 g/mol. The summed E-state index contributed by atoms with van der Waals surface area (Å²) in [5, 5.41) is 7.11. The zero-order valence-corrected chi connectivity index (χ0v) is 14.2. The molecule has 0 atom stereocenters. The first kappa shape index (κ1) is 16.8. The number of ether oxygens (including phenoxy) is 1. The number of aryl methyl sites for hydroxylation is 2. The van der Waals surface area contributed by atoms with Gasteiger partial charge in [-0.15, -0.1) is 0 Å². The molecule has 5 nitrogen and oxygen atoms in total. The molecular formula is C20H21N3O2. The van der Waals surface area contributed by atoms with E-state index in [-0.39, 0.29) is 5.91 Å². The van der Waals surface area contributed by atoms with Crippen molar-refractivity contribution in [2.75, 3.05) is 0 Å². The zero-order valence-electron chi connectivity index (χ0n) is 14.2. The molecule has 2 aromatic carbocycles. The predicted octanol–water partition coefficient (Wildman–Crippen LogP) is 3.69. The third kappa shape index (κ3) is 5.21. The number of carbonyl (C=O) groups excluding carboxylic acids is 1. The third-order valence-corrected chi connectivity index (χ3v) is 3.70. The van der Waals surface area contributed by atoms with Gasteiger partial charge in [0.25, 0.3) is 0 Å². The molecule has 0 aliphatic carbocycles. The Kier molecular flexibility index (Phi) is 5.46. The second-order valence-electron chi connectivity index (χ2n) is 5.87. The van der Waals surface area contributed by atoms with Crippen LogP contribution >= 0.6 is 0 Å². The Labute approximate surface area is 147 Å². The van der Waals surface area contributed by atoms with Crippen LogP contribution in [0.2, 0.25) is 0 Å². The Morgan fingerprint density at radius 3 is 2.68 bits per heavy atom. The molecule has 0 saturated heterocycles. The summed E-state index contributed by atoms with van der Waals surface area (Å²) in [6.07, 6.45) is 4.12. The summed E-state index contributed by atoms with van der Waals surface area (Å²) in [7, 11) is 0. The van der Waals surface area contributed by atoms with E-state index in [1.165, 1.54) is 0 Å². The molecule has 0 saturated carbocycles. The molecule has 25 heavy (non-hydrogen) atoms. The molecule has 3 rings (SSSR count). The van der Waals surface area contributed by atoms with E-state index in [0.29, 0.717) is 19.5 Å².